The molecule has 1 aromatic carbocycles. The molecule has 0 bridgehead atoms. The number of esters is 1. The third-order valence-corrected chi connectivity index (χ3v) is 6.38. The van der Waals surface area contributed by atoms with Crippen LogP contribution in [-0.4, -0.2) is 39.6 Å². The topological polar surface area (TPSA) is 80.8 Å². The summed E-state index contributed by atoms with van der Waals surface area (Å²) < 4.78 is 30.6. The number of sulfonamides is 1. The van der Waals surface area contributed by atoms with Crippen LogP contribution in [0.4, 0.5) is 5.69 Å². The van der Waals surface area contributed by atoms with Gasteiger partial charge in [0, 0.05) is 12.1 Å². The highest BCUT2D eigenvalue weighted by molar-refractivity contribution is 7.92. The predicted octanol–water partition coefficient (Wildman–Crippen LogP) is 3.15. The highest BCUT2D eigenvalue weighted by atomic mass is 35.5. The predicted molar refractivity (Wildman–Crippen MR) is 101 cm³/mol. The number of ketones is 1. The smallest absolute Gasteiger partial charge is 0.348 e. The molecule has 6 nitrogen and oxygen atoms in total. The van der Waals surface area contributed by atoms with Gasteiger partial charge in [0.05, 0.1) is 16.3 Å². The largest absolute Gasteiger partial charge is 0.453 e. The molecule has 0 amide bonds. The van der Waals surface area contributed by atoms with Crippen LogP contribution in [-0.2, 0) is 21.2 Å². The van der Waals surface area contributed by atoms with Crippen molar-refractivity contribution < 1.29 is 22.7 Å². The summed E-state index contributed by atoms with van der Waals surface area (Å²) in [5, 5.41) is 0. The Morgan fingerprint density at radius 1 is 1.27 bits per heavy atom. The van der Waals surface area contributed by atoms with E-state index in [4.69, 9.17) is 16.3 Å². The molecule has 138 valence electrons. The molecule has 0 fully saturated rings. The normalized spacial score (nSPS) is 14.0. The van der Waals surface area contributed by atoms with Crippen molar-refractivity contribution in [2.45, 2.75) is 12.8 Å². The number of ether oxygens (including phenoxy) is 1. The molecule has 0 saturated heterocycles. The number of hydrogen-bond donors (Lipinski definition) is 0. The lowest BCUT2D eigenvalue weighted by molar-refractivity contribution is 0.0479. The molecule has 0 radical (unpaired) electrons. The fourth-order valence-electron chi connectivity index (χ4n) is 2.79. The SMILES string of the molecule is CS(=O)(=O)N1CCCc2cc(C(=O)COC(=O)c3ccc(Cl)s3)ccc21. The maximum atomic E-state index is 12.3. The minimum absolute atomic E-state index is 0.331. The monoisotopic (exact) mass is 413 g/mol. The zero-order valence-electron chi connectivity index (χ0n) is 13.9. The first kappa shape index (κ1) is 18.9. The third-order valence-electron chi connectivity index (χ3n) is 3.99. The average Bonchev–Trinajstić information content (AvgIpc) is 3.04. The summed E-state index contributed by atoms with van der Waals surface area (Å²) >= 11 is 6.85. The molecule has 0 aliphatic carbocycles. The number of aryl methyl sites for hydroxylation is 1. The Kier molecular flexibility index (Phi) is 5.36. The lowest BCUT2D eigenvalue weighted by atomic mass is 9.99. The van der Waals surface area contributed by atoms with E-state index in [0.717, 1.165) is 23.2 Å². The number of anilines is 1. The molecular weight excluding hydrogens is 398 g/mol. The first-order chi connectivity index (χ1) is 12.3. The van der Waals surface area contributed by atoms with E-state index in [1.165, 1.54) is 4.31 Å². The van der Waals surface area contributed by atoms with Gasteiger partial charge in [-0.1, -0.05) is 11.6 Å². The minimum Gasteiger partial charge on any atom is -0.453 e. The summed E-state index contributed by atoms with van der Waals surface area (Å²) in [4.78, 5) is 24.5. The Morgan fingerprint density at radius 2 is 2.04 bits per heavy atom. The molecular formula is C17H16ClNO5S2. The van der Waals surface area contributed by atoms with Gasteiger partial charge < -0.3 is 4.74 Å². The number of thiophene rings is 1. The van der Waals surface area contributed by atoms with E-state index < -0.39 is 16.0 Å². The van der Waals surface area contributed by atoms with Crippen LogP contribution in [0.5, 0.6) is 0 Å². The molecule has 1 aromatic heterocycles. The van der Waals surface area contributed by atoms with Crippen LogP contribution in [0.3, 0.4) is 0 Å². The zero-order valence-corrected chi connectivity index (χ0v) is 16.3. The van der Waals surface area contributed by atoms with Crippen molar-refractivity contribution in [3.05, 3.63) is 50.7 Å². The van der Waals surface area contributed by atoms with Crippen molar-refractivity contribution in [3.8, 4) is 0 Å². The molecule has 1 aliphatic rings. The van der Waals surface area contributed by atoms with Crippen LogP contribution in [0.1, 0.15) is 32.0 Å². The molecule has 1 aliphatic heterocycles. The second kappa shape index (κ2) is 7.38. The summed E-state index contributed by atoms with van der Waals surface area (Å²) in [7, 11) is -3.35. The number of rotatable bonds is 5. The van der Waals surface area contributed by atoms with Crippen molar-refractivity contribution in [3.63, 3.8) is 0 Å². The van der Waals surface area contributed by atoms with Crippen molar-refractivity contribution in [2.75, 3.05) is 23.7 Å². The highest BCUT2D eigenvalue weighted by Crippen LogP contribution is 2.30. The van der Waals surface area contributed by atoms with Gasteiger partial charge in [-0.15, -0.1) is 11.3 Å². The van der Waals surface area contributed by atoms with Crippen molar-refractivity contribution in [2.24, 2.45) is 0 Å². The lowest BCUT2D eigenvalue weighted by Gasteiger charge is -2.29. The van der Waals surface area contributed by atoms with Crippen LogP contribution >= 0.6 is 22.9 Å². The van der Waals surface area contributed by atoms with Gasteiger partial charge in [0.25, 0.3) is 0 Å². The molecule has 0 atom stereocenters. The Morgan fingerprint density at radius 3 is 2.69 bits per heavy atom. The fourth-order valence-corrected chi connectivity index (χ4v) is 4.72. The van der Waals surface area contributed by atoms with Crippen LogP contribution in [0.2, 0.25) is 4.34 Å². The molecule has 3 rings (SSSR count). The summed E-state index contributed by atoms with van der Waals surface area (Å²) in [6, 6.07) is 7.98. The first-order valence-corrected chi connectivity index (χ1v) is 10.9. The maximum absolute atomic E-state index is 12.3. The second-order valence-electron chi connectivity index (χ2n) is 5.89. The third kappa shape index (κ3) is 4.08. The van der Waals surface area contributed by atoms with Gasteiger partial charge in [-0.3, -0.25) is 9.10 Å². The quantitative estimate of drug-likeness (QED) is 0.555. The molecule has 0 spiro atoms. The van der Waals surface area contributed by atoms with E-state index >= 15 is 0 Å². The number of nitrogens with zero attached hydrogens (tertiary/aromatic N) is 1. The van der Waals surface area contributed by atoms with Gasteiger partial charge >= 0.3 is 5.97 Å². The highest BCUT2D eigenvalue weighted by Gasteiger charge is 2.25. The summed E-state index contributed by atoms with van der Waals surface area (Å²) in [6.07, 6.45) is 2.54. The Balaban J connectivity index is 1.72. The van der Waals surface area contributed by atoms with Gasteiger partial charge in [-0.05, 0) is 48.7 Å². The van der Waals surface area contributed by atoms with E-state index in [0.29, 0.717) is 39.9 Å². The van der Waals surface area contributed by atoms with Gasteiger partial charge in [0.2, 0.25) is 10.0 Å². The van der Waals surface area contributed by atoms with Gasteiger partial charge in [-0.2, -0.15) is 0 Å². The second-order valence-corrected chi connectivity index (χ2v) is 9.51. The molecule has 0 saturated carbocycles. The Bertz CT molecular complexity index is 967. The molecule has 9 heteroatoms. The van der Waals surface area contributed by atoms with E-state index in [-0.39, 0.29) is 12.4 Å². The van der Waals surface area contributed by atoms with E-state index in [2.05, 4.69) is 0 Å². The van der Waals surface area contributed by atoms with Crippen LogP contribution in [0.25, 0.3) is 0 Å². The number of fused-ring (bicyclic) bond motifs is 1. The zero-order chi connectivity index (χ0) is 18.9. The van der Waals surface area contributed by atoms with Gasteiger partial charge in [-0.25, -0.2) is 13.2 Å². The van der Waals surface area contributed by atoms with Crippen molar-refractivity contribution in [1.82, 2.24) is 0 Å². The van der Waals surface area contributed by atoms with Crippen LogP contribution in [0.15, 0.2) is 30.3 Å². The Hall–Kier alpha value is -1.90. The number of benzene rings is 1. The van der Waals surface area contributed by atoms with E-state index in [1.807, 2.05) is 0 Å². The maximum Gasteiger partial charge on any atom is 0.348 e. The number of halogens is 1. The van der Waals surface area contributed by atoms with E-state index in [9.17, 15) is 18.0 Å². The van der Waals surface area contributed by atoms with Crippen molar-refractivity contribution >= 4 is 50.4 Å². The molecule has 2 heterocycles. The summed E-state index contributed by atoms with van der Waals surface area (Å²) in [6.45, 7) is 0.0447. The van der Waals surface area contributed by atoms with Crippen molar-refractivity contribution in [1.29, 1.82) is 0 Å². The lowest BCUT2D eigenvalue weighted by Crippen LogP contribution is -2.34. The molecule has 2 aromatic rings. The molecule has 0 unspecified atom stereocenters. The number of carbonyl (C=O) groups excluding carboxylic acids is 2. The Labute approximate surface area is 160 Å². The molecule has 0 N–H and O–H groups in total. The minimum atomic E-state index is -3.35. The molecule has 26 heavy (non-hydrogen) atoms. The van der Waals surface area contributed by atoms with Gasteiger partial charge in [0.1, 0.15) is 4.88 Å². The van der Waals surface area contributed by atoms with Gasteiger partial charge in [0.15, 0.2) is 12.4 Å². The first-order valence-electron chi connectivity index (χ1n) is 7.82. The standard InChI is InChI=1S/C17H16ClNO5S2/c1-26(22,23)19-8-2-3-11-9-12(4-5-13(11)19)14(20)10-24-17(21)15-6-7-16(18)25-15/h4-7,9H,2-3,8,10H2,1H3. The average molecular weight is 414 g/mol. The van der Waals surface area contributed by atoms with Crippen LogP contribution in [0, 0.1) is 0 Å². The van der Waals surface area contributed by atoms with Crippen LogP contribution < -0.4 is 4.31 Å². The number of Topliss-reactive ketones (excluding diaryl/α,β-unsaturated/α-hetero) is 1. The number of carbonyl (C=O) groups is 2. The summed E-state index contributed by atoms with van der Waals surface area (Å²) in [5.74, 6) is -0.947. The summed E-state index contributed by atoms with van der Waals surface area (Å²) in [5.41, 5.74) is 1.78. The van der Waals surface area contributed by atoms with E-state index in [1.54, 1.807) is 30.3 Å². The fraction of sp³-hybridized carbons (Fsp3) is 0.294. The number of hydrogen-bond acceptors (Lipinski definition) is 6.